The van der Waals surface area contributed by atoms with E-state index < -0.39 is 30.1 Å². The number of hydrogen-bond donors (Lipinski definition) is 3. The Bertz CT molecular complexity index is 1410. The number of nitrogens with two attached hydrogens (primary N) is 1. The van der Waals surface area contributed by atoms with Gasteiger partial charge in [-0.1, -0.05) is 92.7 Å². The standard InChI is InChI=1S/C37H47N3O5/c1-24(2)35(40-20-12-19-32(40)43)37(44)39-29(21-27-15-7-5-8-16-27)22-30(41)33(34(38)28-17-9-6-10-18-28)31(42)23-45-36-25(3)13-11-14-26(36)4/h5-11,13-18,24,29-30,33-35,41H,12,19-23,38H2,1-4H3,(H,39,44)/t29-,30+,33-,34?,35?/m0/s1. The van der Waals surface area contributed by atoms with Crippen LogP contribution in [0.2, 0.25) is 0 Å². The molecule has 1 fully saturated rings. The number of Topliss-reactive ketones (excluding diaryl/α,β-unsaturated/α-hetero) is 1. The number of hydrogen-bond acceptors (Lipinski definition) is 6. The van der Waals surface area contributed by atoms with Gasteiger partial charge in [0.05, 0.1) is 12.0 Å². The number of aryl methyl sites for hydroxylation is 2. The minimum absolute atomic E-state index is 0.0214. The number of carbonyl (C=O) groups excluding carboxylic acids is 3. The first kappa shape index (κ1) is 33.9. The number of carbonyl (C=O) groups is 3. The second-order valence-corrected chi connectivity index (χ2v) is 12.5. The molecule has 1 heterocycles. The molecule has 0 spiro atoms. The number of nitrogens with one attached hydrogen (secondary N) is 1. The minimum Gasteiger partial charge on any atom is -0.485 e. The highest BCUT2D eigenvalue weighted by molar-refractivity contribution is 5.89. The third-order valence-electron chi connectivity index (χ3n) is 8.67. The smallest absolute Gasteiger partial charge is 0.243 e. The number of benzene rings is 3. The lowest BCUT2D eigenvalue weighted by atomic mass is 9.82. The van der Waals surface area contributed by atoms with Crippen LogP contribution in [0.25, 0.3) is 0 Å². The summed E-state index contributed by atoms with van der Waals surface area (Å²) < 4.78 is 6.01. The lowest BCUT2D eigenvalue weighted by Crippen LogP contribution is -2.54. The average Bonchev–Trinajstić information content (AvgIpc) is 3.42. The molecule has 4 N–H and O–H groups in total. The van der Waals surface area contributed by atoms with Crippen LogP contribution in [0.1, 0.15) is 61.4 Å². The van der Waals surface area contributed by atoms with Gasteiger partial charge in [0.25, 0.3) is 0 Å². The summed E-state index contributed by atoms with van der Waals surface area (Å²) >= 11 is 0. The molecule has 5 atom stereocenters. The Morgan fingerprint density at radius 2 is 1.58 bits per heavy atom. The number of amides is 2. The summed E-state index contributed by atoms with van der Waals surface area (Å²) in [6, 6.07) is 22.8. The Morgan fingerprint density at radius 1 is 0.956 bits per heavy atom. The molecule has 240 valence electrons. The molecular weight excluding hydrogens is 566 g/mol. The Hall–Kier alpha value is -4.01. The molecular formula is C37H47N3O5. The van der Waals surface area contributed by atoms with E-state index in [-0.39, 0.29) is 36.5 Å². The highest BCUT2D eigenvalue weighted by atomic mass is 16.5. The fourth-order valence-electron chi connectivity index (χ4n) is 6.39. The van der Waals surface area contributed by atoms with E-state index in [9.17, 15) is 19.5 Å². The monoisotopic (exact) mass is 613 g/mol. The molecule has 4 rings (SSSR count). The second-order valence-electron chi connectivity index (χ2n) is 12.5. The largest absolute Gasteiger partial charge is 0.485 e. The third-order valence-corrected chi connectivity index (χ3v) is 8.67. The van der Waals surface area contributed by atoms with Gasteiger partial charge in [0.1, 0.15) is 18.4 Å². The zero-order valence-electron chi connectivity index (χ0n) is 26.8. The number of ketones is 1. The molecule has 0 bridgehead atoms. The number of rotatable bonds is 15. The van der Waals surface area contributed by atoms with Crippen molar-refractivity contribution in [2.45, 2.75) is 77.6 Å². The van der Waals surface area contributed by atoms with Gasteiger partial charge in [-0.3, -0.25) is 14.4 Å². The number of aliphatic hydroxyl groups is 1. The summed E-state index contributed by atoms with van der Waals surface area (Å²) in [7, 11) is 0. The van der Waals surface area contributed by atoms with E-state index in [4.69, 9.17) is 10.5 Å². The molecule has 3 aromatic carbocycles. The molecule has 0 radical (unpaired) electrons. The maximum atomic E-state index is 13.9. The molecule has 2 unspecified atom stereocenters. The summed E-state index contributed by atoms with van der Waals surface area (Å²) in [6.45, 7) is 8.00. The average molecular weight is 614 g/mol. The van der Waals surface area contributed by atoms with Gasteiger partial charge in [0.2, 0.25) is 11.8 Å². The zero-order chi connectivity index (χ0) is 32.5. The molecule has 1 aliphatic heterocycles. The minimum atomic E-state index is -1.19. The maximum absolute atomic E-state index is 13.9. The van der Waals surface area contributed by atoms with Crippen LogP contribution in [0.3, 0.4) is 0 Å². The topological polar surface area (TPSA) is 122 Å². The van der Waals surface area contributed by atoms with Gasteiger partial charge in [0.15, 0.2) is 5.78 Å². The summed E-state index contributed by atoms with van der Waals surface area (Å²) in [4.78, 5) is 41.9. The van der Waals surface area contributed by atoms with E-state index in [1.54, 1.807) is 4.90 Å². The van der Waals surface area contributed by atoms with Crippen molar-refractivity contribution < 1.29 is 24.2 Å². The predicted molar refractivity (Wildman–Crippen MR) is 176 cm³/mol. The molecule has 45 heavy (non-hydrogen) atoms. The molecule has 0 aliphatic carbocycles. The van der Waals surface area contributed by atoms with E-state index in [0.717, 1.165) is 28.7 Å². The SMILES string of the molecule is Cc1cccc(C)c1OCC(=O)[C@@H](C(N)c1ccccc1)[C@H](O)C[C@H](Cc1ccccc1)NC(=O)C(C(C)C)N1CCCC1=O. The lowest BCUT2D eigenvalue weighted by Gasteiger charge is -2.34. The van der Waals surface area contributed by atoms with Gasteiger partial charge in [-0.25, -0.2) is 0 Å². The third kappa shape index (κ3) is 8.80. The molecule has 8 nitrogen and oxygen atoms in total. The van der Waals surface area contributed by atoms with Crippen molar-refractivity contribution >= 4 is 17.6 Å². The number of likely N-dealkylation sites (tertiary alicyclic amines) is 1. The van der Waals surface area contributed by atoms with Crippen molar-refractivity contribution in [3.63, 3.8) is 0 Å². The van der Waals surface area contributed by atoms with Crippen LogP contribution in [0, 0.1) is 25.7 Å². The summed E-state index contributed by atoms with van der Waals surface area (Å²) in [5.41, 5.74) is 10.2. The van der Waals surface area contributed by atoms with Crippen LogP contribution in [-0.2, 0) is 20.8 Å². The first-order valence-electron chi connectivity index (χ1n) is 15.9. The fourth-order valence-corrected chi connectivity index (χ4v) is 6.39. The summed E-state index contributed by atoms with van der Waals surface area (Å²) in [6.07, 6.45) is 0.498. The van der Waals surface area contributed by atoms with Gasteiger partial charge in [-0.15, -0.1) is 0 Å². The fraction of sp³-hybridized carbons (Fsp3) is 0.432. The number of nitrogens with zero attached hydrogens (tertiary/aromatic N) is 1. The normalized spacial score (nSPS) is 16.6. The Kier molecular flexibility index (Phi) is 11.9. The van der Waals surface area contributed by atoms with Crippen molar-refractivity contribution in [2.24, 2.45) is 17.6 Å². The van der Waals surface area contributed by atoms with Crippen LogP contribution in [-0.4, -0.2) is 58.9 Å². The highest BCUT2D eigenvalue weighted by Gasteiger charge is 2.38. The van der Waals surface area contributed by atoms with Gasteiger partial charge in [-0.2, -0.15) is 0 Å². The second kappa shape index (κ2) is 15.8. The van der Waals surface area contributed by atoms with Crippen molar-refractivity contribution in [3.8, 4) is 5.75 Å². The van der Waals surface area contributed by atoms with Crippen LogP contribution < -0.4 is 15.8 Å². The number of aliphatic hydroxyl groups excluding tert-OH is 1. The van der Waals surface area contributed by atoms with Gasteiger partial charge >= 0.3 is 0 Å². The quantitative estimate of drug-likeness (QED) is 0.229. The maximum Gasteiger partial charge on any atom is 0.243 e. The molecule has 3 aromatic rings. The van der Waals surface area contributed by atoms with Gasteiger partial charge in [-0.05, 0) is 61.3 Å². The van der Waals surface area contributed by atoms with E-state index >= 15 is 0 Å². The van der Waals surface area contributed by atoms with Crippen LogP contribution in [0.15, 0.2) is 78.9 Å². The summed E-state index contributed by atoms with van der Waals surface area (Å²) in [5.74, 6) is -1.06. The Morgan fingerprint density at radius 3 is 2.16 bits per heavy atom. The molecule has 1 saturated heterocycles. The van der Waals surface area contributed by atoms with E-state index in [0.29, 0.717) is 25.1 Å². The number of para-hydroxylation sites is 1. The van der Waals surface area contributed by atoms with E-state index in [1.807, 2.05) is 107 Å². The first-order valence-corrected chi connectivity index (χ1v) is 15.9. The molecule has 0 aromatic heterocycles. The summed E-state index contributed by atoms with van der Waals surface area (Å²) in [5, 5.41) is 15.0. The first-order chi connectivity index (χ1) is 21.6. The van der Waals surface area contributed by atoms with Crippen molar-refractivity contribution in [1.29, 1.82) is 0 Å². The lowest BCUT2D eigenvalue weighted by molar-refractivity contribution is -0.139. The van der Waals surface area contributed by atoms with Crippen molar-refractivity contribution in [1.82, 2.24) is 10.2 Å². The molecule has 8 heteroatoms. The highest BCUT2D eigenvalue weighted by Crippen LogP contribution is 2.29. The van der Waals surface area contributed by atoms with Crippen molar-refractivity contribution in [2.75, 3.05) is 13.2 Å². The Balaban J connectivity index is 1.60. The molecule has 0 saturated carbocycles. The van der Waals surface area contributed by atoms with Gasteiger partial charge in [0, 0.05) is 25.0 Å². The van der Waals surface area contributed by atoms with E-state index in [2.05, 4.69) is 5.32 Å². The molecule has 1 aliphatic rings. The Labute approximate surface area is 267 Å². The van der Waals surface area contributed by atoms with Crippen LogP contribution in [0.4, 0.5) is 0 Å². The predicted octanol–water partition coefficient (Wildman–Crippen LogP) is 4.69. The molecule has 2 amide bonds. The zero-order valence-corrected chi connectivity index (χ0v) is 26.8. The van der Waals surface area contributed by atoms with Crippen LogP contribution >= 0.6 is 0 Å². The van der Waals surface area contributed by atoms with Crippen molar-refractivity contribution in [3.05, 3.63) is 101 Å². The van der Waals surface area contributed by atoms with Crippen LogP contribution in [0.5, 0.6) is 5.75 Å². The van der Waals surface area contributed by atoms with E-state index in [1.165, 1.54) is 0 Å². The number of ether oxygens (including phenoxy) is 1. The van der Waals surface area contributed by atoms with Gasteiger partial charge < -0.3 is 25.8 Å².